The number of rotatable bonds is 5. The van der Waals surface area contributed by atoms with Gasteiger partial charge in [0.15, 0.2) is 5.82 Å². The van der Waals surface area contributed by atoms with Crippen molar-refractivity contribution in [1.82, 2.24) is 19.5 Å². The lowest BCUT2D eigenvalue weighted by Crippen LogP contribution is -2.11. The SMILES string of the molecule is c1ccc(-c2cc(-c3cccc(-n4c5c(c6ccncc64)-c4ccccc4N(c4ccccc4)c4ccccc4-5)c3)nc(-c3ccccc3)n2)cc1. The van der Waals surface area contributed by atoms with Gasteiger partial charge in [0.1, 0.15) is 0 Å². The highest BCUT2D eigenvalue weighted by Gasteiger charge is 2.31. The van der Waals surface area contributed by atoms with Crippen molar-refractivity contribution in [2.24, 2.45) is 0 Å². The number of nitrogens with zero attached hydrogens (tertiary/aromatic N) is 5. The Morgan fingerprint density at radius 1 is 0.442 bits per heavy atom. The van der Waals surface area contributed by atoms with E-state index in [4.69, 9.17) is 9.97 Å². The predicted octanol–water partition coefficient (Wildman–Crippen LogP) is 11.9. The molecule has 6 aromatic carbocycles. The molecule has 0 amide bonds. The van der Waals surface area contributed by atoms with Crippen LogP contribution in [0, 0.1) is 0 Å². The molecule has 0 unspecified atom stereocenters. The largest absolute Gasteiger partial charge is 0.309 e. The van der Waals surface area contributed by atoms with Gasteiger partial charge in [-0.25, -0.2) is 9.97 Å². The van der Waals surface area contributed by atoms with E-state index in [9.17, 15) is 0 Å². The second-order valence-electron chi connectivity index (χ2n) is 12.9. The third-order valence-electron chi connectivity index (χ3n) is 9.83. The number of anilines is 3. The van der Waals surface area contributed by atoms with E-state index in [1.807, 2.05) is 48.8 Å². The normalized spacial score (nSPS) is 11.8. The number of para-hydroxylation sites is 3. The molecule has 0 spiro atoms. The number of fused-ring (bicyclic) bond motifs is 7. The van der Waals surface area contributed by atoms with Crippen LogP contribution in [0.1, 0.15) is 0 Å². The topological polar surface area (TPSA) is 46.8 Å². The number of benzene rings is 6. The zero-order valence-electron chi connectivity index (χ0n) is 28.1. The Bertz CT molecular complexity index is 2680. The van der Waals surface area contributed by atoms with E-state index in [0.717, 1.165) is 73.0 Å². The fraction of sp³-hybridized carbons (Fsp3) is 0. The minimum atomic E-state index is 0.693. The predicted molar refractivity (Wildman–Crippen MR) is 212 cm³/mol. The quantitative estimate of drug-likeness (QED) is 0.184. The molecule has 10 rings (SSSR count). The van der Waals surface area contributed by atoms with Gasteiger partial charge in [0.25, 0.3) is 0 Å². The third kappa shape index (κ3) is 4.90. The number of hydrogen-bond donors (Lipinski definition) is 0. The summed E-state index contributed by atoms with van der Waals surface area (Å²) in [4.78, 5) is 17.2. The lowest BCUT2D eigenvalue weighted by atomic mass is 9.98. The molecule has 5 heteroatoms. The monoisotopic (exact) mass is 665 g/mol. The minimum absolute atomic E-state index is 0.693. The van der Waals surface area contributed by atoms with Crippen LogP contribution in [0.2, 0.25) is 0 Å². The van der Waals surface area contributed by atoms with Gasteiger partial charge in [-0.3, -0.25) is 4.98 Å². The van der Waals surface area contributed by atoms with E-state index in [1.54, 1.807) is 0 Å². The molecule has 52 heavy (non-hydrogen) atoms. The summed E-state index contributed by atoms with van der Waals surface area (Å²) in [6.45, 7) is 0. The lowest BCUT2D eigenvalue weighted by Gasteiger charge is -2.27. The van der Waals surface area contributed by atoms with Gasteiger partial charge in [-0.05, 0) is 48.5 Å². The van der Waals surface area contributed by atoms with Crippen molar-refractivity contribution in [2.45, 2.75) is 0 Å². The number of aromatic nitrogens is 4. The molecule has 0 fully saturated rings. The molecule has 0 atom stereocenters. The first-order valence-electron chi connectivity index (χ1n) is 17.4. The molecule has 244 valence electrons. The summed E-state index contributed by atoms with van der Waals surface area (Å²) < 4.78 is 2.38. The Morgan fingerprint density at radius 2 is 1.02 bits per heavy atom. The molecule has 0 bridgehead atoms. The van der Waals surface area contributed by atoms with Gasteiger partial charge in [0.05, 0.1) is 40.2 Å². The molecule has 1 aliphatic heterocycles. The highest BCUT2D eigenvalue weighted by Crippen LogP contribution is 2.54. The highest BCUT2D eigenvalue weighted by atomic mass is 15.2. The molecule has 0 aliphatic carbocycles. The van der Waals surface area contributed by atoms with Gasteiger partial charge < -0.3 is 9.47 Å². The van der Waals surface area contributed by atoms with Gasteiger partial charge in [0, 0.05) is 56.3 Å². The van der Waals surface area contributed by atoms with Gasteiger partial charge in [-0.15, -0.1) is 0 Å². The van der Waals surface area contributed by atoms with E-state index in [2.05, 4.69) is 154 Å². The maximum Gasteiger partial charge on any atom is 0.160 e. The molecule has 0 saturated heterocycles. The van der Waals surface area contributed by atoms with Crippen molar-refractivity contribution in [3.05, 3.63) is 188 Å². The van der Waals surface area contributed by atoms with Crippen LogP contribution in [0.25, 0.3) is 72.9 Å². The van der Waals surface area contributed by atoms with E-state index < -0.39 is 0 Å². The van der Waals surface area contributed by atoms with E-state index in [0.29, 0.717) is 5.82 Å². The molecule has 0 saturated carbocycles. The third-order valence-corrected chi connectivity index (χ3v) is 9.83. The Morgan fingerprint density at radius 3 is 1.77 bits per heavy atom. The molecule has 4 heterocycles. The van der Waals surface area contributed by atoms with Crippen molar-refractivity contribution in [3.63, 3.8) is 0 Å². The fourth-order valence-corrected chi connectivity index (χ4v) is 7.54. The fourth-order valence-electron chi connectivity index (χ4n) is 7.54. The van der Waals surface area contributed by atoms with Crippen molar-refractivity contribution in [1.29, 1.82) is 0 Å². The Labute approximate surface area is 301 Å². The van der Waals surface area contributed by atoms with Crippen LogP contribution in [-0.4, -0.2) is 19.5 Å². The Kier molecular flexibility index (Phi) is 7.07. The molecule has 1 aliphatic rings. The average molecular weight is 666 g/mol. The van der Waals surface area contributed by atoms with Crippen LogP contribution in [0.15, 0.2) is 188 Å². The van der Waals surface area contributed by atoms with E-state index in [-0.39, 0.29) is 0 Å². The van der Waals surface area contributed by atoms with Gasteiger partial charge in [0.2, 0.25) is 0 Å². The Balaban J connectivity index is 1.23. The second-order valence-corrected chi connectivity index (χ2v) is 12.9. The summed E-state index contributed by atoms with van der Waals surface area (Å²) in [5.41, 5.74) is 14.8. The molecule has 5 nitrogen and oxygen atoms in total. The van der Waals surface area contributed by atoms with Crippen molar-refractivity contribution >= 4 is 28.0 Å². The van der Waals surface area contributed by atoms with Crippen molar-refractivity contribution < 1.29 is 0 Å². The number of pyridine rings is 1. The first-order valence-corrected chi connectivity index (χ1v) is 17.4. The standard InChI is InChI=1S/C47H31N5/c1-4-15-32(16-5-1)40-30-41(50-47(49-40)33-17-6-2-7-18-33)34-19-14-22-36(29-34)52-44-31-48-28-27-38(44)45-37-23-10-12-25-42(37)51(35-20-8-3-9-21-35)43-26-13-11-24-39(43)46(45)52/h1-31H. The highest BCUT2D eigenvalue weighted by molar-refractivity contribution is 6.12. The second kappa shape index (κ2) is 12.3. The van der Waals surface area contributed by atoms with Crippen molar-refractivity contribution in [3.8, 4) is 62.0 Å². The first-order chi connectivity index (χ1) is 25.8. The molecule has 9 aromatic rings. The summed E-state index contributed by atoms with van der Waals surface area (Å²) in [7, 11) is 0. The van der Waals surface area contributed by atoms with Crippen molar-refractivity contribution in [2.75, 3.05) is 4.90 Å². The van der Waals surface area contributed by atoms with Gasteiger partial charge in [-0.2, -0.15) is 0 Å². The number of hydrogen-bond acceptors (Lipinski definition) is 4. The summed E-state index contributed by atoms with van der Waals surface area (Å²) in [5.74, 6) is 0.693. The molecule has 0 radical (unpaired) electrons. The van der Waals surface area contributed by atoms with E-state index >= 15 is 0 Å². The van der Waals surface area contributed by atoms with E-state index in [1.165, 1.54) is 11.1 Å². The van der Waals surface area contributed by atoms with Crippen LogP contribution in [0.4, 0.5) is 17.1 Å². The zero-order valence-corrected chi connectivity index (χ0v) is 28.1. The lowest BCUT2D eigenvalue weighted by molar-refractivity contribution is 1.12. The first kappa shape index (κ1) is 29.8. The smallest absolute Gasteiger partial charge is 0.160 e. The average Bonchev–Trinajstić information content (AvgIpc) is 3.51. The summed E-state index contributed by atoms with van der Waals surface area (Å²) in [6, 6.07) is 61.5. The maximum absolute atomic E-state index is 5.16. The molecular formula is C47H31N5. The van der Waals surface area contributed by atoms with Crippen LogP contribution < -0.4 is 4.90 Å². The molecule has 0 N–H and O–H groups in total. The summed E-state index contributed by atoms with van der Waals surface area (Å²) in [6.07, 6.45) is 3.89. The van der Waals surface area contributed by atoms with Crippen LogP contribution in [0.3, 0.4) is 0 Å². The maximum atomic E-state index is 5.16. The Hall–Kier alpha value is -7.11. The molecule has 3 aromatic heterocycles. The zero-order chi connectivity index (χ0) is 34.4. The summed E-state index contributed by atoms with van der Waals surface area (Å²) >= 11 is 0. The van der Waals surface area contributed by atoms with Gasteiger partial charge in [-0.1, -0.05) is 127 Å². The van der Waals surface area contributed by atoms with Gasteiger partial charge >= 0.3 is 0 Å². The van der Waals surface area contributed by atoms with Crippen LogP contribution in [0.5, 0.6) is 0 Å². The van der Waals surface area contributed by atoms with Crippen LogP contribution >= 0.6 is 0 Å². The van der Waals surface area contributed by atoms with Crippen LogP contribution in [-0.2, 0) is 0 Å². The molecular weight excluding hydrogens is 635 g/mol. The minimum Gasteiger partial charge on any atom is -0.309 e. The summed E-state index contributed by atoms with van der Waals surface area (Å²) in [5, 5.41) is 1.15.